The average molecular weight is 386 g/mol. The lowest BCUT2D eigenvalue weighted by Gasteiger charge is -2.17. The van der Waals surface area contributed by atoms with E-state index in [0.717, 1.165) is 27.6 Å². The van der Waals surface area contributed by atoms with Gasteiger partial charge in [0, 0.05) is 29.4 Å². The van der Waals surface area contributed by atoms with Gasteiger partial charge in [-0.05, 0) is 54.8 Å². The summed E-state index contributed by atoms with van der Waals surface area (Å²) >= 11 is 5.95. The zero-order valence-corrected chi connectivity index (χ0v) is 16.1. The van der Waals surface area contributed by atoms with Gasteiger partial charge in [-0.15, -0.1) is 0 Å². The summed E-state index contributed by atoms with van der Waals surface area (Å²) in [7, 11) is 1.72. The number of hydrogen-bond donors (Lipinski definition) is 1. The van der Waals surface area contributed by atoms with Crippen molar-refractivity contribution in [2.75, 3.05) is 6.61 Å². The second-order valence-electron chi connectivity index (χ2n) is 6.61. The molecule has 1 aromatic heterocycles. The van der Waals surface area contributed by atoms with Gasteiger partial charge < -0.3 is 14.4 Å². The van der Waals surface area contributed by atoms with E-state index in [0.29, 0.717) is 22.8 Å². The van der Waals surface area contributed by atoms with Crippen molar-refractivity contribution in [3.05, 3.63) is 74.0 Å². The number of carboxylic acid groups (broad SMARTS) is 1. The highest BCUT2D eigenvalue weighted by atomic mass is 35.5. The molecule has 0 fully saturated rings. The molecule has 1 N–H and O–H groups in total. The number of carbonyl (C=O) groups is 1. The molecule has 0 radical (unpaired) electrons. The molecule has 140 valence electrons. The monoisotopic (exact) mass is 385 g/mol. The number of rotatable bonds is 5. The Morgan fingerprint density at radius 2 is 1.85 bits per heavy atom. The summed E-state index contributed by atoms with van der Waals surface area (Å²) in [6.45, 7) is 3.32. The lowest BCUT2D eigenvalue weighted by atomic mass is 9.97. The molecule has 5 nitrogen and oxygen atoms in total. The predicted molar refractivity (Wildman–Crippen MR) is 106 cm³/mol. The van der Waals surface area contributed by atoms with E-state index in [-0.39, 0.29) is 5.56 Å². The maximum absolute atomic E-state index is 13.0. The van der Waals surface area contributed by atoms with Crippen LogP contribution in [0.1, 0.15) is 22.3 Å². The lowest BCUT2D eigenvalue weighted by Crippen LogP contribution is -2.24. The van der Waals surface area contributed by atoms with Crippen LogP contribution in [0.2, 0.25) is 5.02 Å². The van der Waals surface area contributed by atoms with Crippen molar-refractivity contribution in [2.24, 2.45) is 7.05 Å². The van der Waals surface area contributed by atoms with E-state index in [1.165, 1.54) is 0 Å². The highest BCUT2D eigenvalue weighted by Crippen LogP contribution is 2.31. The van der Waals surface area contributed by atoms with Gasteiger partial charge in [0.2, 0.25) is 0 Å². The molecule has 0 atom stereocenters. The molecule has 0 unspecified atom stereocenters. The first-order valence-electron chi connectivity index (χ1n) is 8.49. The fourth-order valence-electron chi connectivity index (χ4n) is 3.27. The third-order valence-electron chi connectivity index (χ3n) is 4.62. The first-order valence-corrected chi connectivity index (χ1v) is 8.87. The highest BCUT2D eigenvalue weighted by molar-refractivity contribution is 6.30. The molecule has 27 heavy (non-hydrogen) atoms. The molecule has 0 aliphatic carbocycles. The maximum Gasteiger partial charge on any atom is 0.341 e. The van der Waals surface area contributed by atoms with Crippen LogP contribution in [0, 0.1) is 13.8 Å². The fourth-order valence-corrected chi connectivity index (χ4v) is 3.39. The van der Waals surface area contributed by atoms with Gasteiger partial charge in [-0.3, -0.25) is 4.79 Å². The first-order chi connectivity index (χ1) is 12.8. The molecule has 0 aliphatic rings. The summed E-state index contributed by atoms with van der Waals surface area (Å²) < 4.78 is 7.12. The standard InChI is InChI=1S/C21H20ClNO4/c1-12-8-17-20(18(9-12)27-11-19(24)25)13(2)16(21(26)23(17)3)10-14-4-6-15(22)7-5-14/h4-9H,10-11H2,1-3H3,(H,24,25). The van der Waals surface area contributed by atoms with Gasteiger partial charge in [-0.2, -0.15) is 0 Å². The van der Waals surface area contributed by atoms with Crippen molar-refractivity contribution in [1.82, 2.24) is 4.57 Å². The number of pyridine rings is 1. The molecule has 0 saturated carbocycles. The van der Waals surface area contributed by atoms with Crippen LogP contribution in [0.5, 0.6) is 5.75 Å². The Balaban J connectivity index is 2.21. The van der Waals surface area contributed by atoms with Crippen LogP contribution in [0.3, 0.4) is 0 Å². The zero-order valence-electron chi connectivity index (χ0n) is 15.4. The number of ether oxygens (including phenoxy) is 1. The third-order valence-corrected chi connectivity index (χ3v) is 4.87. The number of aryl methyl sites for hydroxylation is 3. The molecule has 0 spiro atoms. The summed E-state index contributed by atoms with van der Waals surface area (Å²) in [6.07, 6.45) is 0.456. The van der Waals surface area contributed by atoms with Crippen LogP contribution >= 0.6 is 11.6 Å². The molecule has 0 aliphatic heterocycles. The van der Waals surface area contributed by atoms with E-state index in [1.54, 1.807) is 29.8 Å². The van der Waals surface area contributed by atoms with Crippen molar-refractivity contribution in [1.29, 1.82) is 0 Å². The summed E-state index contributed by atoms with van der Waals surface area (Å²) in [4.78, 5) is 23.9. The highest BCUT2D eigenvalue weighted by Gasteiger charge is 2.17. The van der Waals surface area contributed by atoms with E-state index < -0.39 is 12.6 Å². The Kier molecular flexibility index (Phi) is 5.24. The van der Waals surface area contributed by atoms with Crippen LogP contribution in [0.4, 0.5) is 0 Å². The largest absolute Gasteiger partial charge is 0.481 e. The van der Waals surface area contributed by atoms with Gasteiger partial charge in [0.25, 0.3) is 5.56 Å². The van der Waals surface area contributed by atoms with Crippen LogP contribution < -0.4 is 10.3 Å². The molecule has 6 heteroatoms. The maximum atomic E-state index is 13.0. The summed E-state index contributed by atoms with van der Waals surface area (Å²) in [5.41, 5.74) is 3.95. The lowest BCUT2D eigenvalue weighted by molar-refractivity contribution is -0.139. The Morgan fingerprint density at radius 1 is 1.19 bits per heavy atom. The van der Waals surface area contributed by atoms with E-state index >= 15 is 0 Å². The Labute approximate surface area is 161 Å². The fraction of sp³-hybridized carbons (Fsp3) is 0.238. The van der Waals surface area contributed by atoms with Crippen molar-refractivity contribution < 1.29 is 14.6 Å². The number of benzene rings is 2. The second-order valence-corrected chi connectivity index (χ2v) is 7.05. The average Bonchev–Trinajstić information content (AvgIpc) is 2.62. The number of nitrogens with zero attached hydrogens (tertiary/aromatic N) is 1. The van der Waals surface area contributed by atoms with Crippen LogP contribution in [-0.4, -0.2) is 22.2 Å². The molecule has 1 heterocycles. The SMILES string of the molecule is Cc1cc(OCC(=O)O)c2c(C)c(Cc3ccc(Cl)cc3)c(=O)n(C)c2c1. The molecule has 0 bridgehead atoms. The number of aromatic nitrogens is 1. The number of aliphatic carboxylic acids is 1. The van der Waals surface area contributed by atoms with Gasteiger partial charge in [0.05, 0.1) is 5.52 Å². The number of hydrogen-bond acceptors (Lipinski definition) is 3. The Morgan fingerprint density at radius 3 is 2.48 bits per heavy atom. The second kappa shape index (κ2) is 7.45. The molecule has 3 aromatic rings. The number of carboxylic acids is 1. The van der Waals surface area contributed by atoms with Crippen molar-refractivity contribution in [3.8, 4) is 5.75 Å². The molecular weight excluding hydrogens is 366 g/mol. The minimum absolute atomic E-state index is 0.0789. The summed E-state index contributed by atoms with van der Waals surface area (Å²) in [5, 5.41) is 10.4. The van der Waals surface area contributed by atoms with Crippen LogP contribution in [0.25, 0.3) is 10.9 Å². The Hall–Kier alpha value is -2.79. The van der Waals surface area contributed by atoms with Crippen molar-refractivity contribution >= 4 is 28.5 Å². The zero-order chi connectivity index (χ0) is 19.7. The quantitative estimate of drug-likeness (QED) is 0.724. The van der Waals surface area contributed by atoms with Gasteiger partial charge >= 0.3 is 5.97 Å². The van der Waals surface area contributed by atoms with Gasteiger partial charge in [-0.25, -0.2) is 4.79 Å². The third kappa shape index (κ3) is 3.83. The van der Waals surface area contributed by atoms with E-state index in [9.17, 15) is 9.59 Å². The van der Waals surface area contributed by atoms with Gasteiger partial charge in [0.15, 0.2) is 6.61 Å². The van der Waals surface area contributed by atoms with Crippen LogP contribution in [-0.2, 0) is 18.3 Å². The topological polar surface area (TPSA) is 68.5 Å². The first kappa shape index (κ1) is 19.0. The smallest absolute Gasteiger partial charge is 0.341 e. The normalized spacial score (nSPS) is 11.0. The predicted octanol–water partition coefficient (Wildman–Crippen LogP) is 3.86. The van der Waals surface area contributed by atoms with Crippen molar-refractivity contribution in [2.45, 2.75) is 20.3 Å². The number of halogens is 1. The van der Waals surface area contributed by atoms with Crippen molar-refractivity contribution in [3.63, 3.8) is 0 Å². The molecule has 3 rings (SSSR count). The minimum Gasteiger partial charge on any atom is -0.481 e. The molecule has 0 amide bonds. The van der Waals surface area contributed by atoms with E-state index in [1.807, 2.05) is 32.0 Å². The summed E-state index contributed by atoms with van der Waals surface area (Å²) in [5.74, 6) is -0.577. The minimum atomic E-state index is -1.05. The summed E-state index contributed by atoms with van der Waals surface area (Å²) in [6, 6.07) is 11.1. The van der Waals surface area contributed by atoms with E-state index in [2.05, 4.69) is 0 Å². The molecule has 2 aromatic carbocycles. The van der Waals surface area contributed by atoms with E-state index in [4.69, 9.17) is 21.4 Å². The number of fused-ring (bicyclic) bond motifs is 1. The van der Waals surface area contributed by atoms with Crippen LogP contribution in [0.15, 0.2) is 41.2 Å². The Bertz CT molecular complexity index is 1080. The molecule has 0 saturated heterocycles. The van der Waals surface area contributed by atoms with Gasteiger partial charge in [-0.1, -0.05) is 23.7 Å². The van der Waals surface area contributed by atoms with Gasteiger partial charge in [0.1, 0.15) is 5.75 Å². The molecular formula is C21H20ClNO4.